The number of rotatable bonds is 7. The van der Waals surface area contributed by atoms with Crippen LogP contribution in [-0.2, 0) is 22.7 Å². The average molecular weight is 255 g/mol. The van der Waals surface area contributed by atoms with Gasteiger partial charge in [0.2, 0.25) is 6.41 Å². The first-order valence-corrected chi connectivity index (χ1v) is 6.31. The normalized spacial score (nSPS) is 10.1. The van der Waals surface area contributed by atoms with E-state index in [1.807, 2.05) is 60.7 Å². The topological polar surface area (TPSA) is 29.5 Å². The van der Waals surface area contributed by atoms with Crippen LogP contribution < -0.4 is 0 Å². The summed E-state index contributed by atoms with van der Waals surface area (Å²) in [4.78, 5) is 16.4. The van der Waals surface area contributed by atoms with E-state index in [-0.39, 0.29) is 0 Å². The maximum atomic E-state index is 10.9. The summed E-state index contributed by atoms with van der Waals surface area (Å²) in [6.45, 7) is 0.967. The molecule has 3 nitrogen and oxygen atoms in total. The third-order valence-electron chi connectivity index (χ3n) is 2.82. The molecule has 0 N–H and O–H groups in total. The average Bonchev–Trinajstić information content (AvgIpc) is 2.49. The molecule has 0 saturated carbocycles. The summed E-state index contributed by atoms with van der Waals surface area (Å²) in [5.74, 6) is 0. The number of carbonyl (C=O) groups excluding carboxylic acids is 1. The van der Waals surface area contributed by atoms with Gasteiger partial charge in [0.1, 0.15) is 6.61 Å². The van der Waals surface area contributed by atoms with E-state index in [0.717, 1.165) is 18.4 Å². The van der Waals surface area contributed by atoms with E-state index in [0.29, 0.717) is 13.2 Å². The highest BCUT2D eigenvalue weighted by molar-refractivity contribution is 5.45. The van der Waals surface area contributed by atoms with E-state index in [1.54, 1.807) is 0 Å². The molecule has 1 amide bonds. The van der Waals surface area contributed by atoms with Gasteiger partial charge in [0.05, 0.1) is 6.54 Å². The highest BCUT2D eigenvalue weighted by atomic mass is 16.7. The smallest absolute Gasteiger partial charge is 0.233 e. The number of amides is 1. The van der Waals surface area contributed by atoms with Crippen molar-refractivity contribution in [3.63, 3.8) is 0 Å². The number of hydrogen-bond donors (Lipinski definition) is 0. The number of benzene rings is 2. The highest BCUT2D eigenvalue weighted by Crippen LogP contribution is 2.04. The Labute approximate surface area is 113 Å². The molecule has 0 aromatic heterocycles. The highest BCUT2D eigenvalue weighted by Gasteiger charge is 2.03. The molecule has 2 rings (SSSR count). The van der Waals surface area contributed by atoms with Gasteiger partial charge in [-0.2, -0.15) is 0 Å². The van der Waals surface area contributed by atoms with Crippen molar-refractivity contribution in [2.45, 2.75) is 13.0 Å². The van der Waals surface area contributed by atoms with E-state index < -0.39 is 0 Å². The minimum absolute atomic E-state index is 0.411. The standard InChI is InChI=1S/C16H17NO2/c18-14-17(12-11-15-7-3-1-4-8-15)19-13-16-9-5-2-6-10-16/h1-10,14H,11-13H2. The Balaban J connectivity index is 1.79. The Morgan fingerprint density at radius 2 is 1.47 bits per heavy atom. The zero-order valence-electron chi connectivity index (χ0n) is 10.7. The molecule has 0 aliphatic carbocycles. The van der Waals surface area contributed by atoms with Gasteiger partial charge in [0.25, 0.3) is 0 Å². The van der Waals surface area contributed by atoms with Crippen LogP contribution in [0.1, 0.15) is 11.1 Å². The van der Waals surface area contributed by atoms with Crippen molar-refractivity contribution in [3.05, 3.63) is 71.8 Å². The molecule has 0 spiro atoms. The molecule has 0 fully saturated rings. The van der Waals surface area contributed by atoms with Crippen molar-refractivity contribution >= 4 is 6.41 Å². The van der Waals surface area contributed by atoms with E-state index in [4.69, 9.17) is 4.84 Å². The maximum absolute atomic E-state index is 10.9. The molecule has 0 heterocycles. The molecular weight excluding hydrogens is 238 g/mol. The summed E-state index contributed by atoms with van der Waals surface area (Å²) in [5.41, 5.74) is 2.24. The Bertz CT molecular complexity index is 441. The lowest BCUT2D eigenvalue weighted by Crippen LogP contribution is -2.24. The molecule has 0 aliphatic heterocycles. The monoisotopic (exact) mass is 255 g/mol. The van der Waals surface area contributed by atoms with Crippen molar-refractivity contribution < 1.29 is 9.63 Å². The second-order valence-electron chi connectivity index (χ2n) is 4.24. The fraction of sp³-hybridized carbons (Fsp3) is 0.188. The predicted octanol–water partition coefficient (Wildman–Crippen LogP) is 2.82. The Morgan fingerprint density at radius 1 is 0.895 bits per heavy atom. The van der Waals surface area contributed by atoms with Crippen LogP contribution >= 0.6 is 0 Å². The van der Waals surface area contributed by atoms with Gasteiger partial charge in [-0.3, -0.25) is 9.63 Å². The Morgan fingerprint density at radius 3 is 2.05 bits per heavy atom. The summed E-state index contributed by atoms with van der Waals surface area (Å²) in [6.07, 6.45) is 1.51. The number of hydroxylamine groups is 2. The molecule has 98 valence electrons. The second-order valence-corrected chi connectivity index (χ2v) is 4.24. The van der Waals surface area contributed by atoms with Crippen LogP contribution in [0.2, 0.25) is 0 Å². The third kappa shape index (κ3) is 4.56. The van der Waals surface area contributed by atoms with Crippen LogP contribution in [0.3, 0.4) is 0 Å². The largest absolute Gasteiger partial charge is 0.276 e. The van der Waals surface area contributed by atoms with Crippen molar-refractivity contribution in [2.24, 2.45) is 0 Å². The van der Waals surface area contributed by atoms with Gasteiger partial charge in [-0.25, -0.2) is 5.06 Å². The van der Waals surface area contributed by atoms with E-state index in [1.165, 1.54) is 10.6 Å². The molecular formula is C16H17NO2. The molecule has 0 unspecified atom stereocenters. The quantitative estimate of drug-likeness (QED) is 0.562. The van der Waals surface area contributed by atoms with Crippen molar-refractivity contribution in [3.8, 4) is 0 Å². The van der Waals surface area contributed by atoms with E-state index >= 15 is 0 Å². The van der Waals surface area contributed by atoms with Gasteiger partial charge >= 0.3 is 0 Å². The van der Waals surface area contributed by atoms with Crippen LogP contribution in [0.15, 0.2) is 60.7 Å². The lowest BCUT2D eigenvalue weighted by molar-refractivity contribution is -0.177. The summed E-state index contributed by atoms with van der Waals surface area (Å²) in [6, 6.07) is 19.8. The maximum Gasteiger partial charge on any atom is 0.233 e. The number of nitrogens with zero attached hydrogens (tertiary/aromatic N) is 1. The Hall–Kier alpha value is -2.13. The zero-order valence-corrected chi connectivity index (χ0v) is 10.7. The molecule has 0 bridgehead atoms. The first-order valence-electron chi connectivity index (χ1n) is 6.31. The lowest BCUT2D eigenvalue weighted by Gasteiger charge is -2.16. The molecule has 0 atom stereocenters. The van der Waals surface area contributed by atoms with E-state index in [9.17, 15) is 4.79 Å². The summed E-state index contributed by atoms with van der Waals surface area (Å²) < 4.78 is 0. The third-order valence-corrected chi connectivity index (χ3v) is 2.82. The predicted molar refractivity (Wildman–Crippen MR) is 74.1 cm³/mol. The van der Waals surface area contributed by atoms with Crippen LogP contribution in [0, 0.1) is 0 Å². The number of hydrogen-bond acceptors (Lipinski definition) is 2. The van der Waals surface area contributed by atoms with Crippen LogP contribution in [0.4, 0.5) is 0 Å². The van der Waals surface area contributed by atoms with Crippen molar-refractivity contribution in [1.29, 1.82) is 0 Å². The van der Waals surface area contributed by atoms with Crippen molar-refractivity contribution in [1.82, 2.24) is 5.06 Å². The second kappa shape index (κ2) is 7.34. The summed E-state index contributed by atoms with van der Waals surface area (Å²) >= 11 is 0. The van der Waals surface area contributed by atoms with Gasteiger partial charge in [-0.05, 0) is 17.5 Å². The van der Waals surface area contributed by atoms with E-state index in [2.05, 4.69) is 0 Å². The van der Waals surface area contributed by atoms with Gasteiger partial charge in [0, 0.05) is 0 Å². The Kier molecular flexibility index (Phi) is 5.14. The first kappa shape index (κ1) is 13.3. The SMILES string of the molecule is O=CN(CCc1ccccc1)OCc1ccccc1. The van der Waals surface area contributed by atoms with Gasteiger partial charge in [-0.15, -0.1) is 0 Å². The summed E-state index contributed by atoms with van der Waals surface area (Å²) in [7, 11) is 0. The van der Waals surface area contributed by atoms with Gasteiger partial charge in [0.15, 0.2) is 0 Å². The first-order chi connectivity index (χ1) is 9.38. The van der Waals surface area contributed by atoms with Gasteiger partial charge < -0.3 is 0 Å². The molecule has 3 heteroatoms. The summed E-state index contributed by atoms with van der Waals surface area (Å²) in [5, 5.41) is 1.35. The lowest BCUT2D eigenvalue weighted by atomic mass is 10.1. The molecule has 0 aliphatic rings. The minimum atomic E-state index is 0.411. The molecule has 0 radical (unpaired) electrons. The molecule has 2 aromatic rings. The molecule has 2 aromatic carbocycles. The molecule has 0 saturated heterocycles. The van der Waals surface area contributed by atoms with Crippen LogP contribution in [-0.4, -0.2) is 18.0 Å². The zero-order chi connectivity index (χ0) is 13.3. The number of carbonyl (C=O) groups is 1. The van der Waals surface area contributed by atoms with Crippen LogP contribution in [0.25, 0.3) is 0 Å². The fourth-order valence-electron chi connectivity index (χ4n) is 1.76. The minimum Gasteiger partial charge on any atom is -0.276 e. The van der Waals surface area contributed by atoms with Gasteiger partial charge in [-0.1, -0.05) is 60.7 Å². The fourth-order valence-corrected chi connectivity index (χ4v) is 1.76. The van der Waals surface area contributed by atoms with Crippen molar-refractivity contribution in [2.75, 3.05) is 6.54 Å². The molecule has 19 heavy (non-hydrogen) atoms. The van der Waals surface area contributed by atoms with Crippen LogP contribution in [0.5, 0.6) is 0 Å².